The highest BCUT2D eigenvalue weighted by Crippen LogP contribution is 2.23. The lowest BCUT2D eigenvalue weighted by Crippen LogP contribution is -2.16. The van der Waals surface area contributed by atoms with Crippen LogP contribution < -0.4 is 0 Å². The van der Waals surface area contributed by atoms with Gasteiger partial charge in [0.1, 0.15) is 11.6 Å². The fourth-order valence-corrected chi connectivity index (χ4v) is 2.08. The predicted octanol–water partition coefficient (Wildman–Crippen LogP) is 1.49. The molecule has 0 N–H and O–H groups in total. The fourth-order valence-electron chi connectivity index (χ4n) is 1.28. The third kappa shape index (κ3) is 4.96. The molecule has 1 aromatic rings. The molecular weight excluding hydrogens is 286 g/mol. The molecule has 0 fully saturated rings. The standard InChI is InChI=1S/C12H15NO6S/c1-4-17-12(16)9-6-20-11(13-9)10(19-8(3)15)5-18-7(2)14/h6,10H,4-5H2,1-3H3/t10-/m1/s1. The number of hydrogen-bond acceptors (Lipinski definition) is 8. The molecule has 1 aromatic heterocycles. The minimum Gasteiger partial charge on any atom is -0.461 e. The second-order valence-corrected chi connectivity index (χ2v) is 4.58. The van der Waals surface area contributed by atoms with Gasteiger partial charge in [0, 0.05) is 19.2 Å². The molecule has 0 saturated carbocycles. The summed E-state index contributed by atoms with van der Waals surface area (Å²) in [4.78, 5) is 37.4. The van der Waals surface area contributed by atoms with E-state index in [1.54, 1.807) is 6.92 Å². The Balaban J connectivity index is 2.82. The zero-order valence-corrected chi connectivity index (χ0v) is 12.2. The minimum absolute atomic E-state index is 0.131. The first-order chi connectivity index (χ1) is 9.43. The van der Waals surface area contributed by atoms with Crippen LogP contribution in [0.2, 0.25) is 0 Å². The summed E-state index contributed by atoms with van der Waals surface area (Å²) >= 11 is 1.13. The first-order valence-electron chi connectivity index (χ1n) is 5.87. The van der Waals surface area contributed by atoms with Crippen molar-refractivity contribution < 1.29 is 28.6 Å². The van der Waals surface area contributed by atoms with Gasteiger partial charge in [0.2, 0.25) is 0 Å². The average molecular weight is 301 g/mol. The summed E-state index contributed by atoms with van der Waals surface area (Å²) < 4.78 is 14.6. The van der Waals surface area contributed by atoms with E-state index in [1.807, 2.05) is 0 Å². The number of rotatable bonds is 6. The number of nitrogens with zero attached hydrogens (tertiary/aromatic N) is 1. The third-order valence-corrected chi connectivity index (χ3v) is 2.96. The van der Waals surface area contributed by atoms with E-state index < -0.39 is 24.0 Å². The van der Waals surface area contributed by atoms with Crippen molar-refractivity contribution in [1.82, 2.24) is 4.98 Å². The Kier molecular flexibility index (Phi) is 6.10. The maximum atomic E-state index is 11.5. The van der Waals surface area contributed by atoms with Gasteiger partial charge in [0.25, 0.3) is 0 Å². The summed E-state index contributed by atoms with van der Waals surface area (Å²) in [5.74, 6) is -1.58. The Morgan fingerprint density at radius 2 is 1.95 bits per heavy atom. The summed E-state index contributed by atoms with van der Waals surface area (Å²) in [5.41, 5.74) is 0.131. The maximum Gasteiger partial charge on any atom is 0.357 e. The van der Waals surface area contributed by atoms with Crippen LogP contribution in [-0.2, 0) is 23.8 Å². The van der Waals surface area contributed by atoms with Crippen molar-refractivity contribution in [2.75, 3.05) is 13.2 Å². The summed E-state index contributed by atoms with van der Waals surface area (Å²) in [6.07, 6.45) is -0.829. The van der Waals surface area contributed by atoms with E-state index in [4.69, 9.17) is 14.2 Å². The Hall–Kier alpha value is -1.96. The highest BCUT2D eigenvalue weighted by Gasteiger charge is 2.22. The molecule has 0 unspecified atom stereocenters. The van der Waals surface area contributed by atoms with E-state index in [9.17, 15) is 14.4 Å². The second kappa shape index (κ2) is 7.59. The first-order valence-corrected chi connectivity index (χ1v) is 6.75. The van der Waals surface area contributed by atoms with Crippen LogP contribution in [0.25, 0.3) is 0 Å². The van der Waals surface area contributed by atoms with Crippen LogP contribution in [0.3, 0.4) is 0 Å². The highest BCUT2D eigenvalue weighted by molar-refractivity contribution is 7.09. The number of carbonyl (C=O) groups is 3. The lowest BCUT2D eigenvalue weighted by Gasteiger charge is -2.13. The molecular formula is C12H15NO6S. The molecule has 110 valence electrons. The van der Waals surface area contributed by atoms with Crippen LogP contribution in [0.15, 0.2) is 5.38 Å². The molecule has 0 radical (unpaired) electrons. The topological polar surface area (TPSA) is 91.8 Å². The van der Waals surface area contributed by atoms with Gasteiger partial charge in [-0.3, -0.25) is 9.59 Å². The molecule has 0 bridgehead atoms. The molecule has 0 spiro atoms. The van der Waals surface area contributed by atoms with Crippen molar-refractivity contribution >= 4 is 29.2 Å². The van der Waals surface area contributed by atoms with Crippen LogP contribution in [0.4, 0.5) is 0 Å². The summed E-state index contributed by atoms with van der Waals surface area (Å²) in [5, 5.41) is 1.86. The number of aromatic nitrogens is 1. The summed E-state index contributed by atoms with van der Waals surface area (Å²) in [6.45, 7) is 4.27. The molecule has 1 atom stereocenters. The van der Waals surface area contributed by atoms with E-state index in [1.165, 1.54) is 19.2 Å². The molecule has 0 aromatic carbocycles. The van der Waals surface area contributed by atoms with Crippen LogP contribution >= 0.6 is 11.3 Å². The molecule has 8 heteroatoms. The average Bonchev–Trinajstić information content (AvgIpc) is 2.83. The number of ether oxygens (including phenoxy) is 3. The van der Waals surface area contributed by atoms with Gasteiger partial charge in [-0.25, -0.2) is 9.78 Å². The lowest BCUT2D eigenvalue weighted by molar-refractivity contribution is -0.156. The van der Waals surface area contributed by atoms with Gasteiger partial charge in [-0.1, -0.05) is 0 Å². The molecule has 1 rings (SSSR count). The molecule has 0 aliphatic heterocycles. The van der Waals surface area contributed by atoms with Gasteiger partial charge in [0.15, 0.2) is 11.8 Å². The number of thiazole rings is 1. The second-order valence-electron chi connectivity index (χ2n) is 3.69. The molecule has 0 amide bonds. The molecule has 0 aliphatic rings. The molecule has 0 aliphatic carbocycles. The predicted molar refractivity (Wildman–Crippen MR) is 69.2 cm³/mol. The van der Waals surface area contributed by atoms with Crippen molar-refractivity contribution in [3.63, 3.8) is 0 Å². The Morgan fingerprint density at radius 3 is 2.50 bits per heavy atom. The Labute approximate surface area is 119 Å². The van der Waals surface area contributed by atoms with Crippen molar-refractivity contribution in [1.29, 1.82) is 0 Å². The normalized spacial score (nSPS) is 11.6. The van der Waals surface area contributed by atoms with E-state index in [0.29, 0.717) is 5.01 Å². The molecule has 1 heterocycles. The van der Waals surface area contributed by atoms with Crippen molar-refractivity contribution in [2.24, 2.45) is 0 Å². The number of esters is 3. The van der Waals surface area contributed by atoms with Gasteiger partial charge < -0.3 is 14.2 Å². The van der Waals surface area contributed by atoms with E-state index in [-0.39, 0.29) is 18.9 Å². The fraction of sp³-hybridized carbons (Fsp3) is 0.500. The summed E-state index contributed by atoms with van der Waals surface area (Å²) in [6, 6.07) is 0. The lowest BCUT2D eigenvalue weighted by atomic mass is 10.4. The SMILES string of the molecule is CCOC(=O)c1csc([C@@H](COC(C)=O)OC(C)=O)n1. The quantitative estimate of drug-likeness (QED) is 0.580. The van der Waals surface area contributed by atoms with Crippen molar-refractivity contribution in [3.8, 4) is 0 Å². The van der Waals surface area contributed by atoms with Crippen LogP contribution in [0.1, 0.15) is 42.4 Å². The Morgan fingerprint density at radius 1 is 1.25 bits per heavy atom. The van der Waals surface area contributed by atoms with Crippen LogP contribution in [0.5, 0.6) is 0 Å². The minimum atomic E-state index is -0.829. The van der Waals surface area contributed by atoms with Gasteiger partial charge in [-0.05, 0) is 6.92 Å². The van der Waals surface area contributed by atoms with E-state index in [2.05, 4.69) is 4.98 Å². The smallest absolute Gasteiger partial charge is 0.357 e. The molecule has 7 nitrogen and oxygen atoms in total. The van der Waals surface area contributed by atoms with Crippen LogP contribution in [-0.4, -0.2) is 36.1 Å². The highest BCUT2D eigenvalue weighted by atomic mass is 32.1. The molecule has 0 saturated heterocycles. The van der Waals surface area contributed by atoms with Gasteiger partial charge in [-0.2, -0.15) is 0 Å². The first kappa shape index (κ1) is 16.1. The van der Waals surface area contributed by atoms with Gasteiger partial charge in [0.05, 0.1) is 6.61 Å². The van der Waals surface area contributed by atoms with E-state index in [0.717, 1.165) is 11.3 Å². The van der Waals surface area contributed by atoms with Gasteiger partial charge >= 0.3 is 17.9 Å². The zero-order valence-electron chi connectivity index (χ0n) is 11.4. The third-order valence-electron chi connectivity index (χ3n) is 2.03. The van der Waals surface area contributed by atoms with Crippen molar-refractivity contribution in [2.45, 2.75) is 26.9 Å². The number of carbonyl (C=O) groups excluding carboxylic acids is 3. The maximum absolute atomic E-state index is 11.5. The Bertz CT molecular complexity index is 498. The largest absolute Gasteiger partial charge is 0.461 e. The summed E-state index contributed by atoms with van der Waals surface area (Å²) in [7, 11) is 0. The van der Waals surface area contributed by atoms with Gasteiger partial charge in [-0.15, -0.1) is 11.3 Å². The van der Waals surface area contributed by atoms with Crippen LogP contribution in [0, 0.1) is 0 Å². The monoisotopic (exact) mass is 301 g/mol. The number of hydrogen-bond donors (Lipinski definition) is 0. The zero-order chi connectivity index (χ0) is 15.1. The van der Waals surface area contributed by atoms with E-state index >= 15 is 0 Å². The van der Waals surface area contributed by atoms with Crippen molar-refractivity contribution in [3.05, 3.63) is 16.1 Å². The molecule has 20 heavy (non-hydrogen) atoms.